The summed E-state index contributed by atoms with van der Waals surface area (Å²) < 4.78 is 7.63. The zero-order valence-corrected chi connectivity index (χ0v) is 15.5. The number of rotatable bonds is 6. The highest BCUT2D eigenvalue weighted by molar-refractivity contribution is 5.93. The summed E-state index contributed by atoms with van der Waals surface area (Å²) in [7, 11) is 0. The number of β-amino-alcohol motifs (C(OH)–C–C–N with tert-alkyl or cyclic N) is 1. The lowest BCUT2D eigenvalue weighted by Gasteiger charge is -2.38. The Bertz CT molecular complexity index is 758. The Morgan fingerprint density at radius 2 is 2.19 bits per heavy atom. The van der Waals surface area contributed by atoms with Crippen molar-refractivity contribution in [3.8, 4) is 5.75 Å². The van der Waals surface area contributed by atoms with Gasteiger partial charge >= 0.3 is 0 Å². The number of piperidine rings is 1. The minimum atomic E-state index is -1.03. The van der Waals surface area contributed by atoms with Gasteiger partial charge in [0, 0.05) is 19.3 Å². The normalized spacial score (nSPS) is 20.2. The van der Waals surface area contributed by atoms with Crippen LogP contribution < -0.4 is 4.74 Å². The first kappa shape index (κ1) is 18.5. The maximum atomic E-state index is 12.8. The van der Waals surface area contributed by atoms with Crippen LogP contribution in [-0.4, -0.2) is 51.0 Å². The van der Waals surface area contributed by atoms with Crippen LogP contribution in [0.15, 0.2) is 36.7 Å². The van der Waals surface area contributed by atoms with E-state index in [0.717, 1.165) is 30.7 Å². The Morgan fingerprint density at radius 3 is 2.96 bits per heavy atom. The maximum Gasteiger partial charge on any atom is 0.257 e. The molecule has 1 unspecified atom stereocenters. The van der Waals surface area contributed by atoms with Crippen LogP contribution in [0.1, 0.15) is 42.1 Å². The highest BCUT2D eigenvalue weighted by atomic mass is 16.5. The molecule has 6 heteroatoms. The number of ether oxygens (including phenoxy) is 1. The summed E-state index contributed by atoms with van der Waals surface area (Å²) in [6.07, 6.45) is 5.73. The lowest BCUT2D eigenvalue weighted by Crippen LogP contribution is -2.53. The molecule has 2 aromatic rings. The zero-order chi connectivity index (χ0) is 18.6. The number of hydrogen-bond acceptors (Lipinski definition) is 4. The first-order chi connectivity index (χ1) is 12.5. The summed E-state index contributed by atoms with van der Waals surface area (Å²) in [4.78, 5) is 14.5. The van der Waals surface area contributed by atoms with Crippen molar-refractivity contribution in [1.29, 1.82) is 0 Å². The van der Waals surface area contributed by atoms with Crippen molar-refractivity contribution in [3.05, 3.63) is 47.8 Å². The second-order valence-corrected chi connectivity index (χ2v) is 7.10. The first-order valence-corrected chi connectivity index (χ1v) is 9.23. The summed E-state index contributed by atoms with van der Waals surface area (Å²) in [5, 5.41) is 15.2. The quantitative estimate of drug-likeness (QED) is 0.863. The van der Waals surface area contributed by atoms with Crippen LogP contribution in [0.3, 0.4) is 0 Å². The second-order valence-electron chi connectivity index (χ2n) is 7.10. The van der Waals surface area contributed by atoms with E-state index in [1.54, 1.807) is 22.0 Å². The van der Waals surface area contributed by atoms with Gasteiger partial charge in [0.1, 0.15) is 18.0 Å². The summed E-state index contributed by atoms with van der Waals surface area (Å²) in [6, 6.07) is 7.74. The Hall–Kier alpha value is -2.34. The van der Waals surface area contributed by atoms with E-state index >= 15 is 0 Å². The molecule has 1 N–H and O–H groups in total. The highest BCUT2D eigenvalue weighted by Crippen LogP contribution is 2.25. The summed E-state index contributed by atoms with van der Waals surface area (Å²) in [5.74, 6) is 0.687. The third kappa shape index (κ3) is 4.25. The van der Waals surface area contributed by atoms with Gasteiger partial charge in [0.15, 0.2) is 0 Å². The first-order valence-electron chi connectivity index (χ1n) is 9.23. The number of aryl methyl sites for hydroxylation is 2. The fraction of sp³-hybridized carbons (Fsp3) is 0.500. The molecule has 6 nitrogen and oxygen atoms in total. The number of benzene rings is 1. The van der Waals surface area contributed by atoms with Crippen molar-refractivity contribution < 1.29 is 14.6 Å². The Morgan fingerprint density at radius 1 is 1.38 bits per heavy atom. The molecule has 0 aliphatic carbocycles. The number of aromatic nitrogens is 2. The van der Waals surface area contributed by atoms with Crippen molar-refractivity contribution in [1.82, 2.24) is 14.7 Å². The number of hydrogen-bond donors (Lipinski definition) is 1. The van der Waals surface area contributed by atoms with Crippen LogP contribution >= 0.6 is 0 Å². The standard InChI is InChI=1S/C20H27N3O3/c1-3-10-23-13-17(12-21-23)19(24)22-11-6-9-20(25,14-22)15-26-18-8-5-4-7-16(18)2/h4-5,7-8,12-13,25H,3,6,9-11,14-15H2,1-2H3. The molecule has 0 saturated carbocycles. The number of para-hydroxylation sites is 1. The van der Waals surface area contributed by atoms with Gasteiger partial charge in [0.2, 0.25) is 0 Å². The molecular weight excluding hydrogens is 330 g/mol. The number of carbonyl (C=O) groups excluding carboxylic acids is 1. The van der Waals surface area contributed by atoms with Crippen LogP contribution in [-0.2, 0) is 6.54 Å². The molecule has 1 aromatic carbocycles. The molecule has 0 radical (unpaired) electrons. The molecule has 1 aliphatic rings. The van der Waals surface area contributed by atoms with Gasteiger partial charge in [-0.15, -0.1) is 0 Å². The molecule has 1 saturated heterocycles. The van der Waals surface area contributed by atoms with E-state index in [-0.39, 0.29) is 19.1 Å². The summed E-state index contributed by atoms with van der Waals surface area (Å²) in [6.45, 7) is 5.94. The van der Waals surface area contributed by atoms with Crippen molar-refractivity contribution in [2.75, 3.05) is 19.7 Å². The Kier molecular flexibility index (Phi) is 5.61. The van der Waals surface area contributed by atoms with Crippen LogP contribution in [0.4, 0.5) is 0 Å². The van der Waals surface area contributed by atoms with Crippen LogP contribution in [0.25, 0.3) is 0 Å². The Labute approximate surface area is 154 Å². The molecule has 1 amide bonds. The fourth-order valence-electron chi connectivity index (χ4n) is 3.34. The van der Waals surface area contributed by atoms with Gasteiger partial charge in [-0.05, 0) is 37.8 Å². The van der Waals surface area contributed by atoms with Crippen LogP contribution in [0.2, 0.25) is 0 Å². The van der Waals surface area contributed by atoms with Crippen molar-refractivity contribution in [3.63, 3.8) is 0 Å². The van der Waals surface area contributed by atoms with Gasteiger partial charge in [-0.1, -0.05) is 25.1 Å². The molecular formula is C20H27N3O3. The van der Waals surface area contributed by atoms with Gasteiger partial charge in [0.25, 0.3) is 5.91 Å². The monoisotopic (exact) mass is 357 g/mol. The highest BCUT2D eigenvalue weighted by Gasteiger charge is 2.36. The van der Waals surface area contributed by atoms with Gasteiger partial charge < -0.3 is 14.7 Å². The third-order valence-electron chi connectivity index (χ3n) is 4.77. The number of aliphatic hydroxyl groups is 1. The molecule has 0 bridgehead atoms. The Balaban J connectivity index is 1.63. The van der Waals surface area contributed by atoms with E-state index in [0.29, 0.717) is 18.5 Å². The molecule has 1 aromatic heterocycles. The summed E-state index contributed by atoms with van der Waals surface area (Å²) in [5.41, 5.74) is 0.570. The van der Waals surface area contributed by atoms with E-state index in [1.807, 2.05) is 31.2 Å². The van der Waals surface area contributed by atoms with E-state index in [9.17, 15) is 9.90 Å². The number of carbonyl (C=O) groups is 1. The van der Waals surface area contributed by atoms with Gasteiger partial charge in [0.05, 0.1) is 18.3 Å². The van der Waals surface area contributed by atoms with Crippen LogP contribution in [0.5, 0.6) is 5.75 Å². The minimum Gasteiger partial charge on any atom is -0.490 e. The lowest BCUT2D eigenvalue weighted by molar-refractivity contribution is -0.0533. The van der Waals surface area contributed by atoms with E-state index < -0.39 is 5.60 Å². The van der Waals surface area contributed by atoms with Gasteiger partial charge in [-0.2, -0.15) is 5.10 Å². The van der Waals surface area contributed by atoms with Gasteiger partial charge in [-0.25, -0.2) is 0 Å². The number of nitrogens with zero attached hydrogens (tertiary/aromatic N) is 3. The number of likely N-dealkylation sites (tertiary alicyclic amines) is 1. The smallest absolute Gasteiger partial charge is 0.257 e. The van der Waals surface area contributed by atoms with E-state index in [1.165, 1.54) is 0 Å². The van der Waals surface area contributed by atoms with Crippen molar-refractivity contribution in [2.24, 2.45) is 0 Å². The predicted octanol–water partition coefficient (Wildman–Crippen LogP) is 2.65. The molecule has 3 rings (SSSR count). The molecule has 1 aliphatic heterocycles. The largest absolute Gasteiger partial charge is 0.490 e. The van der Waals surface area contributed by atoms with Crippen LogP contribution in [0, 0.1) is 6.92 Å². The molecule has 1 atom stereocenters. The van der Waals surface area contributed by atoms with Crippen molar-refractivity contribution >= 4 is 5.91 Å². The predicted molar refractivity (Wildman–Crippen MR) is 99.3 cm³/mol. The SMILES string of the molecule is CCCn1cc(C(=O)N2CCCC(O)(COc3ccccc3C)C2)cn1. The van der Waals surface area contributed by atoms with E-state index in [4.69, 9.17) is 4.74 Å². The maximum absolute atomic E-state index is 12.8. The second kappa shape index (κ2) is 7.91. The van der Waals surface area contributed by atoms with E-state index in [2.05, 4.69) is 12.0 Å². The van der Waals surface area contributed by atoms with Gasteiger partial charge in [-0.3, -0.25) is 9.48 Å². The molecule has 140 valence electrons. The summed E-state index contributed by atoms with van der Waals surface area (Å²) >= 11 is 0. The van der Waals surface area contributed by atoms with Crippen molar-refractivity contribution in [2.45, 2.75) is 45.3 Å². The zero-order valence-electron chi connectivity index (χ0n) is 15.5. The molecule has 26 heavy (non-hydrogen) atoms. The molecule has 2 heterocycles. The lowest BCUT2D eigenvalue weighted by atomic mass is 9.93. The molecule has 0 spiro atoms. The topological polar surface area (TPSA) is 67.6 Å². The third-order valence-corrected chi connectivity index (χ3v) is 4.77. The molecule has 1 fully saturated rings. The minimum absolute atomic E-state index is 0.0821. The average Bonchev–Trinajstić information content (AvgIpc) is 3.09. The average molecular weight is 357 g/mol. The fourth-order valence-corrected chi connectivity index (χ4v) is 3.34. The number of amides is 1.